The molecule has 2 N–H and O–H groups in total. The third kappa shape index (κ3) is 5.47. The van der Waals surface area contributed by atoms with Crippen molar-refractivity contribution < 1.29 is 9.21 Å². The summed E-state index contributed by atoms with van der Waals surface area (Å²) in [7, 11) is 0. The van der Waals surface area contributed by atoms with Crippen LogP contribution >= 0.6 is 28.3 Å². The van der Waals surface area contributed by atoms with Crippen LogP contribution in [0.3, 0.4) is 0 Å². The lowest BCUT2D eigenvalue weighted by atomic mass is 10.1. The number of para-hydroxylation sites is 1. The van der Waals surface area contributed by atoms with E-state index in [-0.39, 0.29) is 18.3 Å². The van der Waals surface area contributed by atoms with Gasteiger partial charge in [0.15, 0.2) is 0 Å². The van der Waals surface area contributed by atoms with E-state index < -0.39 is 0 Å². The van der Waals surface area contributed by atoms with Crippen molar-refractivity contribution in [1.82, 2.24) is 10.2 Å². The molecule has 0 aliphatic carbocycles. The van der Waals surface area contributed by atoms with Gasteiger partial charge in [-0.2, -0.15) is 0 Å². The second-order valence-corrected chi connectivity index (χ2v) is 8.93. The number of hydrogen-bond donors (Lipinski definition) is 2. The number of anilines is 1. The van der Waals surface area contributed by atoms with Gasteiger partial charge in [0, 0.05) is 53.7 Å². The van der Waals surface area contributed by atoms with E-state index in [1.54, 1.807) is 12.1 Å². The molecule has 0 saturated carbocycles. The van der Waals surface area contributed by atoms with E-state index in [1.807, 2.05) is 42.5 Å². The lowest BCUT2D eigenvalue weighted by Gasteiger charge is -2.27. The van der Waals surface area contributed by atoms with Gasteiger partial charge in [-0.15, -0.1) is 12.4 Å². The fraction of sp³-hybridized carbons (Fsp3) is 0.192. The Hall–Kier alpha value is -2.64. The Morgan fingerprint density at radius 2 is 1.76 bits per heavy atom. The number of halogens is 2. The summed E-state index contributed by atoms with van der Waals surface area (Å²) in [4.78, 5) is 15.2. The second kappa shape index (κ2) is 10.5. The van der Waals surface area contributed by atoms with Crippen molar-refractivity contribution >= 4 is 50.9 Å². The summed E-state index contributed by atoms with van der Waals surface area (Å²) < 4.78 is 7.18. The maximum absolute atomic E-state index is 12.7. The Bertz CT molecular complexity index is 1250. The van der Waals surface area contributed by atoms with Gasteiger partial charge < -0.3 is 15.1 Å². The number of nitrogens with zero attached hydrogens (tertiary/aromatic N) is 1. The minimum atomic E-state index is -0.153. The fourth-order valence-corrected chi connectivity index (χ4v) is 4.30. The molecule has 1 aliphatic heterocycles. The highest BCUT2D eigenvalue weighted by Gasteiger charge is 2.15. The van der Waals surface area contributed by atoms with Gasteiger partial charge >= 0.3 is 0 Å². The molecule has 7 heteroatoms. The Morgan fingerprint density at radius 1 is 1.00 bits per heavy atom. The third-order valence-corrected chi connectivity index (χ3v) is 6.28. The van der Waals surface area contributed by atoms with E-state index in [0.29, 0.717) is 5.56 Å². The number of furan rings is 1. The van der Waals surface area contributed by atoms with Crippen LogP contribution in [-0.2, 0) is 6.54 Å². The Kier molecular flexibility index (Phi) is 7.50. The first-order valence-electron chi connectivity index (χ1n) is 10.8. The molecular weight excluding hydrogens is 502 g/mol. The van der Waals surface area contributed by atoms with Crippen LogP contribution in [0, 0.1) is 0 Å². The van der Waals surface area contributed by atoms with Gasteiger partial charge in [0.1, 0.15) is 11.3 Å². The zero-order valence-corrected chi connectivity index (χ0v) is 20.4. The van der Waals surface area contributed by atoms with Gasteiger partial charge in [0.2, 0.25) is 0 Å². The molecule has 170 valence electrons. The summed E-state index contributed by atoms with van der Waals surface area (Å²) in [5.41, 5.74) is 4.29. The Morgan fingerprint density at radius 3 is 2.55 bits per heavy atom. The molecule has 4 aromatic rings. The summed E-state index contributed by atoms with van der Waals surface area (Å²) in [6.07, 6.45) is 0. The molecule has 5 rings (SSSR count). The first-order chi connectivity index (χ1) is 15.7. The van der Waals surface area contributed by atoms with Gasteiger partial charge in [0.25, 0.3) is 5.91 Å². The molecule has 1 saturated heterocycles. The number of fused-ring (bicyclic) bond motifs is 1. The highest BCUT2D eigenvalue weighted by Crippen LogP contribution is 2.33. The van der Waals surface area contributed by atoms with Gasteiger partial charge in [-0.25, -0.2) is 0 Å². The zero-order valence-electron chi connectivity index (χ0n) is 18.0. The van der Waals surface area contributed by atoms with Crippen molar-refractivity contribution in [3.05, 3.63) is 88.4 Å². The van der Waals surface area contributed by atoms with E-state index in [2.05, 4.69) is 49.7 Å². The van der Waals surface area contributed by atoms with E-state index in [0.717, 1.165) is 65.2 Å². The minimum absolute atomic E-state index is 0. The Balaban J connectivity index is 0.00000259. The van der Waals surface area contributed by atoms with E-state index in [1.165, 1.54) is 5.56 Å². The van der Waals surface area contributed by atoms with Crippen molar-refractivity contribution in [3.63, 3.8) is 0 Å². The molecule has 0 atom stereocenters. The lowest BCUT2D eigenvalue weighted by Crippen LogP contribution is -2.42. The zero-order chi connectivity index (χ0) is 21.9. The third-order valence-electron chi connectivity index (χ3n) is 5.75. The number of benzene rings is 3. The predicted octanol–water partition coefficient (Wildman–Crippen LogP) is 5.94. The summed E-state index contributed by atoms with van der Waals surface area (Å²) >= 11 is 3.40. The van der Waals surface area contributed by atoms with E-state index >= 15 is 0 Å². The highest BCUT2D eigenvalue weighted by molar-refractivity contribution is 9.10. The SMILES string of the molecule is Cl.O=C(Nc1ccccc1-c1cc2ccc(CN3CCNCC3)cc2o1)c1ccc(Br)cc1. The van der Waals surface area contributed by atoms with Crippen LogP contribution in [0.1, 0.15) is 15.9 Å². The molecule has 1 aliphatic rings. The largest absolute Gasteiger partial charge is 0.456 e. The summed E-state index contributed by atoms with van der Waals surface area (Å²) in [6, 6.07) is 23.5. The van der Waals surface area contributed by atoms with Crippen molar-refractivity contribution in [2.45, 2.75) is 6.54 Å². The number of amides is 1. The molecule has 3 aromatic carbocycles. The standard InChI is InChI=1S/C26H24BrN3O2.ClH/c27-21-9-7-19(8-10-21)26(31)29-23-4-2-1-3-22(23)25-16-20-6-5-18(15-24(20)32-25)17-30-13-11-28-12-14-30;/h1-10,15-16,28H,11-14,17H2,(H,29,31);1H. The molecule has 1 aromatic heterocycles. The van der Waals surface area contributed by atoms with Crippen molar-refractivity contribution in [1.29, 1.82) is 0 Å². The van der Waals surface area contributed by atoms with Gasteiger partial charge in [0.05, 0.1) is 5.69 Å². The van der Waals surface area contributed by atoms with Crippen molar-refractivity contribution in [2.75, 3.05) is 31.5 Å². The van der Waals surface area contributed by atoms with Crippen LogP contribution in [0.5, 0.6) is 0 Å². The molecule has 2 heterocycles. The molecule has 33 heavy (non-hydrogen) atoms. The molecule has 1 fully saturated rings. The first-order valence-corrected chi connectivity index (χ1v) is 11.6. The van der Waals surface area contributed by atoms with Crippen LogP contribution in [0.15, 0.2) is 81.7 Å². The molecule has 0 unspecified atom stereocenters. The summed E-state index contributed by atoms with van der Waals surface area (Å²) in [5.74, 6) is 0.588. The average molecular weight is 527 g/mol. The lowest BCUT2D eigenvalue weighted by molar-refractivity contribution is 0.102. The molecule has 0 spiro atoms. The smallest absolute Gasteiger partial charge is 0.255 e. The molecule has 0 bridgehead atoms. The van der Waals surface area contributed by atoms with Crippen LogP contribution in [-0.4, -0.2) is 37.0 Å². The molecular formula is C26H25BrClN3O2. The number of piperazine rings is 1. The van der Waals surface area contributed by atoms with Crippen molar-refractivity contribution in [2.24, 2.45) is 0 Å². The van der Waals surface area contributed by atoms with Crippen molar-refractivity contribution in [3.8, 4) is 11.3 Å². The van der Waals surface area contributed by atoms with Gasteiger partial charge in [-0.1, -0.05) is 40.2 Å². The van der Waals surface area contributed by atoms with Crippen LogP contribution < -0.4 is 10.6 Å². The number of hydrogen-bond acceptors (Lipinski definition) is 4. The van der Waals surface area contributed by atoms with Crippen LogP contribution in [0.4, 0.5) is 5.69 Å². The monoisotopic (exact) mass is 525 g/mol. The minimum Gasteiger partial charge on any atom is -0.456 e. The number of carbonyl (C=O) groups excluding carboxylic acids is 1. The molecule has 1 amide bonds. The maximum atomic E-state index is 12.7. The normalized spacial score (nSPS) is 14.1. The van der Waals surface area contributed by atoms with Gasteiger partial charge in [-0.3, -0.25) is 9.69 Å². The van der Waals surface area contributed by atoms with E-state index in [4.69, 9.17) is 4.42 Å². The van der Waals surface area contributed by atoms with Crippen LogP contribution in [0.2, 0.25) is 0 Å². The number of carbonyl (C=O) groups is 1. The first kappa shape index (κ1) is 23.5. The second-order valence-electron chi connectivity index (χ2n) is 8.02. The number of nitrogens with one attached hydrogen (secondary N) is 2. The quantitative estimate of drug-likeness (QED) is 0.338. The Labute approximate surface area is 207 Å². The molecule has 0 radical (unpaired) electrons. The highest BCUT2D eigenvalue weighted by atomic mass is 79.9. The predicted molar refractivity (Wildman–Crippen MR) is 139 cm³/mol. The maximum Gasteiger partial charge on any atom is 0.255 e. The molecule has 5 nitrogen and oxygen atoms in total. The van der Waals surface area contributed by atoms with E-state index in [9.17, 15) is 4.79 Å². The van der Waals surface area contributed by atoms with Gasteiger partial charge in [-0.05, 0) is 54.1 Å². The summed E-state index contributed by atoms with van der Waals surface area (Å²) in [6.45, 7) is 5.12. The van der Waals surface area contributed by atoms with Crippen LogP contribution in [0.25, 0.3) is 22.3 Å². The fourth-order valence-electron chi connectivity index (χ4n) is 4.04. The topological polar surface area (TPSA) is 57.5 Å². The average Bonchev–Trinajstić information content (AvgIpc) is 3.24. The summed E-state index contributed by atoms with van der Waals surface area (Å²) in [5, 5.41) is 7.47. The number of rotatable bonds is 5.